The van der Waals surface area contributed by atoms with Gasteiger partial charge in [0.15, 0.2) is 0 Å². The minimum absolute atomic E-state index is 0.197. The third kappa shape index (κ3) is 3.48. The smallest absolute Gasteiger partial charge is 0.224 e. The maximum atomic E-state index is 12.5. The molecule has 3 aromatic rings. The third-order valence-electron chi connectivity index (χ3n) is 5.06. The molecule has 4 rings (SSSR count). The fourth-order valence-electron chi connectivity index (χ4n) is 3.63. The Labute approximate surface area is 153 Å². The first kappa shape index (κ1) is 16.8. The molecule has 0 radical (unpaired) electrons. The summed E-state index contributed by atoms with van der Waals surface area (Å²) in [4.78, 5) is 14.4. The minimum atomic E-state index is 0.197. The Morgan fingerprint density at radius 3 is 2.88 bits per heavy atom. The number of carbonyl (C=O) groups is 1. The predicted octanol–water partition coefficient (Wildman–Crippen LogP) is 2.95. The molecule has 5 heteroatoms. The molecule has 5 nitrogen and oxygen atoms in total. The van der Waals surface area contributed by atoms with Crippen molar-refractivity contribution >= 4 is 16.7 Å². The second kappa shape index (κ2) is 7.30. The molecule has 2 aromatic carbocycles. The Hall–Kier alpha value is -2.66. The Kier molecular flexibility index (Phi) is 4.71. The number of nitrogens with one attached hydrogen (secondary N) is 1. The average molecular weight is 348 g/mol. The number of benzene rings is 2. The van der Waals surface area contributed by atoms with Crippen molar-refractivity contribution in [2.75, 3.05) is 6.54 Å². The second-order valence-electron chi connectivity index (χ2n) is 6.90. The molecule has 1 atom stereocenters. The highest BCUT2D eigenvalue weighted by atomic mass is 16.2. The van der Waals surface area contributed by atoms with Crippen molar-refractivity contribution in [2.24, 2.45) is 0 Å². The van der Waals surface area contributed by atoms with Crippen molar-refractivity contribution in [2.45, 2.75) is 39.0 Å². The summed E-state index contributed by atoms with van der Waals surface area (Å²) in [5.41, 5.74) is 2.37. The van der Waals surface area contributed by atoms with Gasteiger partial charge in [-0.1, -0.05) is 42.5 Å². The van der Waals surface area contributed by atoms with Crippen LogP contribution in [0.25, 0.3) is 10.8 Å². The first-order valence-corrected chi connectivity index (χ1v) is 9.22. The first-order valence-electron chi connectivity index (χ1n) is 9.22. The van der Waals surface area contributed by atoms with Crippen molar-refractivity contribution in [1.82, 2.24) is 20.0 Å². The lowest BCUT2D eigenvalue weighted by Crippen LogP contribution is -2.32. The molecule has 2 heterocycles. The normalized spacial score (nSPS) is 17.3. The lowest BCUT2D eigenvalue weighted by Gasteiger charge is -2.18. The molecule has 0 aliphatic carbocycles. The van der Waals surface area contributed by atoms with Crippen molar-refractivity contribution in [1.29, 1.82) is 0 Å². The van der Waals surface area contributed by atoms with Gasteiger partial charge in [-0.3, -0.25) is 9.48 Å². The van der Waals surface area contributed by atoms with Gasteiger partial charge in [0.05, 0.1) is 6.20 Å². The summed E-state index contributed by atoms with van der Waals surface area (Å²) in [6, 6.07) is 14.9. The monoisotopic (exact) mass is 348 g/mol. The van der Waals surface area contributed by atoms with E-state index in [1.54, 1.807) is 0 Å². The largest absolute Gasteiger partial charge is 0.337 e. The van der Waals surface area contributed by atoms with Crippen LogP contribution in [0.5, 0.6) is 0 Å². The summed E-state index contributed by atoms with van der Waals surface area (Å²) in [5.74, 6) is 0.222. The van der Waals surface area contributed by atoms with Gasteiger partial charge in [0.2, 0.25) is 5.91 Å². The second-order valence-corrected chi connectivity index (χ2v) is 6.90. The van der Waals surface area contributed by atoms with Crippen molar-refractivity contribution in [3.8, 4) is 0 Å². The van der Waals surface area contributed by atoms with E-state index in [9.17, 15) is 4.79 Å². The molecule has 1 aromatic heterocycles. The van der Waals surface area contributed by atoms with Gasteiger partial charge in [-0.2, -0.15) is 5.10 Å². The van der Waals surface area contributed by atoms with E-state index in [0.29, 0.717) is 13.0 Å². The van der Waals surface area contributed by atoms with Gasteiger partial charge in [0.25, 0.3) is 0 Å². The quantitative estimate of drug-likeness (QED) is 0.745. The molecular weight excluding hydrogens is 324 g/mol. The molecule has 0 spiro atoms. The molecule has 1 fully saturated rings. The SMILES string of the molecule is CCn1cc(CN[C@@H]2CC(=O)N(Cc3cccc4ccccc34)C2)cn1. The fraction of sp³-hybridized carbons (Fsp3) is 0.333. The topological polar surface area (TPSA) is 50.2 Å². The van der Waals surface area contributed by atoms with Crippen LogP contribution >= 0.6 is 0 Å². The van der Waals surface area contributed by atoms with E-state index in [-0.39, 0.29) is 11.9 Å². The lowest BCUT2D eigenvalue weighted by atomic mass is 10.0. The molecule has 1 saturated heterocycles. The molecule has 1 aliphatic heterocycles. The van der Waals surface area contributed by atoms with Gasteiger partial charge in [-0.25, -0.2) is 0 Å². The zero-order valence-corrected chi connectivity index (χ0v) is 15.1. The highest BCUT2D eigenvalue weighted by molar-refractivity contribution is 5.86. The van der Waals surface area contributed by atoms with Crippen LogP contribution in [-0.2, 0) is 24.4 Å². The zero-order chi connectivity index (χ0) is 17.9. The van der Waals surface area contributed by atoms with Gasteiger partial charge in [0.1, 0.15) is 0 Å². The fourth-order valence-corrected chi connectivity index (χ4v) is 3.63. The van der Waals surface area contributed by atoms with E-state index in [4.69, 9.17) is 0 Å². The van der Waals surface area contributed by atoms with E-state index in [1.807, 2.05) is 21.8 Å². The van der Waals surface area contributed by atoms with Crippen LogP contribution in [0.1, 0.15) is 24.5 Å². The molecule has 0 saturated carbocycles. The van der Waals surface area contributed by atoms with Crippen molar-refractivity contribution in [3.05, 3.63) is 66.0 Å². The highest BCUT2D eigenvalue weighted by Gasteiger charge is 2.29. The molecule has 1 amide bonds. The van der Waals surface area contributed by atoms with E-state index in [1.165, 1.54) is 16.3 Å². The van der Waals surface area contributed by atoms with Gasteiger partial charge >= 0.3 is 0 Å². The number of fused-ring (bicyclic) bond motifs is 1. The minimum Gasteiger partial charge on any atom is -0.337 e. The van der Waals surface area contributed by atoms with E-state index >= 15 is 0 Å². The predicted molar refractivity (Wildman–Crippen MR) is 103 cm³/mol. The van der Waals surface area contributed by atoms with Crippen LogP contribution in [0.2, 0.25) is 0 Å². The molecule has 134 valence electrons. The first-order chi connectivity index (χ1) is 12.7. The van der Waals surface area contributed by atoms with Gasteiger partial charge in [-0.05, 0) is 23.3 Å². The number of nitrogens with zero attached hydrogens (tertiary/aromatic N) is 3. The molecule has 0 bridgehead atoms. The zero-order valence-electron chi connectivity index (χ0n) is 15.1. The third-order valence-corrected chi connectivity index (χ3v) is 5.06. The number of aromatic nitrogens is 2. The Morgan fingerprint density at radius 1 is 1.19 bits per heavy atom. The van der Waals surface area contributed by atoms with Gasteiger partial charge in [-0.15, -0.1) is 0 Å². The van der Waals surface area contributed by atoms with E-state index in [0.717, 1.165) is 25.2 Å². The van der Waals surface area contributed by atoms with E-state index in [2.05, 4.69) is 59.9 Å². The molecule has 0 unspecified atom stereocenters. The number of hydrogen-bond donors (Lipinski definition) is 1. The van der Waals surface area contributed by atoms with Crippen LogP contribution in [0.4, 0.5) is 0 Å². The average Bonchev–Trinajstić information content (AvgIpc) is 3.27. The number of hydrogen-bond acceptors (Lipinski definition) is 3. The van der Waals surface area contributed by atoms with Crippen LogP contribution in [0.15, 0.2) is 54.9 Å². The summed E-state index contributed by atoms with van der Waals surface area (Å²) < 4.78 is 1.92. The molecule has 1 N–H and O–H groups in total. The summed E-state index contributed by atoms with van der Waals surface area (Å²) >= 11 is 0. The summed E-state index contributed by atoms with van der Waals surface area (Å²) in [7, 11) is 0. The number of rotatable bonds is 6. The number of carbonyl (C=O) groups excluding carboxylic acids is 1. The van der Waals surface area contributed by atoms with Crippen LogP contribution in [0, 0.1) is 0 Å². The number of amides is 1. The van der Waals surface area contributed by atoms with E-state index < -0.39 is 0 Å². The highest BCUT2D eigenvalue weighted by Crippen LogP contribution is 2.22. The molecule has 1 aliphatic rings. The molecular formula is C21H24N4O. The van der Waals surface area contributed by atoms with Crippen molar-refractivity contribution < 1.29 is 4.79 Å². The maximum Gasteiger partial charge on any atom is 0.224 e. The molecule has 26 heavy (non-hydrogen) atoms. The van der Waals surface area contributed by atoms with Gasteiger partial charge < -0.3 is 10.2 Å². The Bertz CT molecular complexity index is 912. The number of aryl methyl sites for hydroxylation is 1. The maximum absolute atomic E-state index is 12.5. The Balaban J connectivity index is 1.40. The lowest BCUT2D eigenvalue weighted by molar-refractivity contribution is -0.128. The van der Waals surface area contributed by atoms with Gasteiger partial charge in [0, 0.05) is 50.4 Å². The number of likely N-dealkylation sites (tertiary alicyclic amines) is 1. The summed E-state index contributed by atoms with van der Waals surface area (Å²) in [5, 5.41) is 10.2. The van der Waals surface area contributed by atoms with Crippen molar-refractivity contribution in [3.63, 3.8) is 0 Å². The van der Waals surface area contributed by atoms with Crippen LogP contribution in [0.3, 0.4) is 0 Å². The standard InChI is InChI=1S/C21H24N4O/c1-2-25-13-16(12-23-25)11-22-19-10-21(26)24(15-19)14-18-8-5-7-17-6-3-4-9-20(17)18/h3-9,12-13,19,22H,2,10-11,14-15H2,1H3/t19-/m1/s1. The summed E-state index contributed by atoms with van der Waals surface area (Å²) in [6.45, 7) is 5.13. The Morgan fingerprint density at radius 2 is 2.04 bits per heavy atom. The van der Waals surface area contributed by atoms with Crippen LogP contribution < -0.4 is 5.32 Å². The van der Waals surface area contributed by atoms with Crippen LogP contribution in [-0.4, -0.2) is 33.2 Å². The summed E-state index contributed by atoms with van der Waals surface area (Å²) in [6.07, 6.45) is 4.51.